The van der Waals surface area contributed by atoms with Crippen LogP contribution in [0, 0.1) is 0 Å². The average Bonchev–Trinajstić information content (AvgIpc) is 2.21. The molecule has 0 aliphatic heterocycles. The topological polar surface area (TPSA) is 30.5 Å². The van der Waals surface area contributed by atoms with Gasteiger partial charge in [-0.1, -0.05) is 13.3 Å². The van der Waals surface area contributed by atoms with Crippen molar-refractivity contribution in [2.75, 3.05) is 40.0 Å². The Morgan fingerprint density at radius 1 is 0.929 bits per heavy atom. The van der Waals surface area contributed by atoms with Gasteiger partial charge >= 0.3 is 0 Å². The Balaban J connectivity index is 2.78. The summed E-state index contributed by atoms with van der Waals surface area (Å²) in [5.41, 5.74) is 0. The first-order chi connectivity index (χ1) is 6.91. The molecule has 0 aliphatic rings. The van der Waals surface area contributed by atoms with Crippen molar-refractivity contribution in [2.45, 2.75) is 32.6 Å². The van der Waals surface area contributed by atoms with E-state index < -0.39 is 0 Å². The summed E-state index contributed by atoms with van der Waals surface area (Å²) >= 11 is 0. The SMILES string of the molecule is CCCCOCCNCCCCOC. The first-order valence-electron chi connectivity index (χ1n) is 5.69. The lowest BCUT2D eigenvalue weighted by Gasteiger charge is -2.05. The maximum absolute atomic E-state index is 5.41. The van der Waals surface area contributed by atoms with Crippen LogP contribution in [0.1, 0.15) is 32.6 Å². The summed E-state index contributed by atoms with van der Waals surface area (Å²) in [6.45, 7) is 6.83. The Kier molecular flexibility index (Phi) is 12.8. The van der Waals surface area contributed by atoms with E-state index in [9.17, 15) is 0 Å². The maximum atomic E-state index is 5.41. The molecule has 0 atom stereocenters. The molecule has 0 rings (SSSR count). The van der Waals surface area contributed by atoms with Gasteiger partial charge in [0.05, 0.1) is 6.61 Å². The molecule has 0 amide bonds. The molecule has 14 heavy (non-hydrogen) atoms. The molecule has 1 N–H and O–H groups in total. The number of nitrogens with one attached hydrogen (secondary N) is 1. The number of hydrogen-bond acceptors (Lipinski definition) is 3. The maximum Gasteiger partial charge on any atom is 0.0590 e. The highest BCUT2D eigenvalue weighted by molar-refractivity contribution is 4.47. The van der Waals surface area contributed by atoms with Crippen molar-refractivity contribution in [3.05, 3.63) is 0 Å². The molecule has 0 aromatic heterocycles. The van der Waals surface area contributed by atoms with Gasteiger partial charge in [-0.05, 0) is 25.8 Å². The number of methoxy groups -OCH3 is 1. The molecule has 0 aliphatic carbocycles. The minimum Gasteiger partial charge on any atom is -0.385 e. The molecule has 0 aromatic rings. The molecule has 0 fully saturated rings. The Morgan fingerprint density at radius 3 is 2.50 bits per heavy atom. The van der Waals surface area contributed by atoms with E-state index in [4.69, 9.17) is 9.47 Å². The summed E-state index contributed by atoms with van der Waals surface area (Å²) in [7, 11) is 1.75. The minimum absolute atomic E-state index is 0.838. The van der Waals surface area contributed by atoms with E-state index in [2.05, 4.69) is 12.2 Å². The van der Waals surface area contributed by atoms with Gasteiger partial charge in [0.2, 0.25) is 0 Å². The van der Waals surface area contributed by atoms with Gasteiger partial charge in [-0.25, -0.2) is 0 Å². The summed E-state index contributed by atoms with van der Waals surface area (Å²) in [6.07, 6.45) is 4.71. The molecule has 3 nitrogen and oxygen atoms in total. The number of unbranched alkanes of at least 4 members (excludes halogenated alkanes) is 2. The second-order valence-corrected chi connectivity index (χ2v) is 3.42. The highest BCUT2D eigenvalue weighted by atomic mass is 16.5. The summed E-state index contributed by atoms with van der Waals surface area (Å²) in [5, 5.41) is 3.34. The van der Waals surface area contributed by atoms with E-state index in [1.54, 1.807) is 7.11 Å². The third kappa shape index (κ3) is 11.9. The molecule has 0 bridgehead atoms. The lowest BCUT2D eigenvalue weighted by Crippen LogP contribution is -2.21. The first kappa shape index (κ1) is 13.9. The van der Waals surface area contributed by atoms with Gasteiger partial charge in [0.15, 0.2) is 0 Å². The summed E-state index contributed by atoms with van der Waals surface area (Å²) in [6, 6.07) is 0. The van der Waals surface area contributed by atoms with Gasteiger partial charge in [-0.2, -0.15) is 0 Å². The van der Waals surface area contributed by atoms with Gasteiger partial charge in [-0.15, -0.1) is 0 Å². The Morgan fingerprint density at radius 2 is 1.79 bits per heavy atom. The van der Waals surface area contributed by atoms with E-state index in [1.165, 1.54) is 19.3 Å². The second kappa shape index (κ2) is 12.9. The first-order valence-corrected chi connectivity index (χ1v) is 5.69. The molecular weight excluding hydrogens is 178 g/mol. The number of ether oxygens (including phenoxy) is 2. The average molecular weight is 203 g/mol. The van der Waals surface area contributed by atoms with Crippen molar-refractivity contribution in [3.63, 3.8) is 0 Å². The molecule has 0 saturated carbocycles. The summed E-state index contributed by atoms with van der Waals surface area (Å²) < 4.78 is 10.4. The fraction of sp³-hybridized carbons (Fsp3) is 1.00. The number of hydrogen-bond donors (Lipinski definition) is 1. The predicted octanol–water partition coefficient (Wildman–Crippen LogP) is 1.82. The lowest BCUT2D eigenvalue weighted by atomic mass is 10.3. The quantitative estimate of drug-likeness (QED) is 0.520. The highest BCUT2D eigenvalue weighted by Crippen LogP contribution is 1.88. The smallest absolute Gasteiger partial charge is 0.0590 e. The zero-order valence-corrected chi connectivity index (χ0v) is 9.68. The predicted molar refractivity (Wildman–Crippen MR) is 59.7 cm³/mol. The van der Waals surface area contributed by atoms with Gasteiger partial charge in [0, 0.05) is 26.9 Å². The van der Waals surface area contributed by atoms with Crippen molar-refractivity contribution in [3.8, 4) is 0 Å². The molecule has 0 spiro atoms. The summed E-state index contributed by atoms with van der Waals surface area (Å²) in [5.74, 6) is 0. The van der Waals surface area contributed by atoms with Crippen LogP contribution in [0.25, 0.3) is 0 Å². The number of rotatable bonds is 11. The van der Waals surface area contributed by atoms with E-state index >= 15 is 0 Å². The van der Waals surface area contributed by atoms with Gasteiger partial charge in [0.25, 0.3) is 0 Å². The molecule has 86 valence electrons. The van der Waals surface area contributed by atoms with Crippen LogP contribution in [-0.2, 0) is 9.47 Å². The van der Waals surface area contributed by atoms with E-state index in [-0.39, 0.29) is 0 Å². The van der Waals surface area contributed by atoms with Crippen molar-refractivity contribution >= 4 is 0 Å². The zero-order chi connectivity index (χ0) is 10.5. The van der Waals surface area contributed by atoms with Crippen LogP contribution in [0.15, 0.2) is 0 Å². The van der Waals surface area contributed by atoms with Gasteiger partial charge in [0.1, 0.15) is 0 Å². The van der Waals surface area contributed by atoms with E-state index in [0.29, 0.717) is 0 Å². The van der Waals surface area contributed by atoms with E-state index in [0.717, 1.165) is 39.3 Å². The van der Waals surface area contributed by atoms with Crippen LogP contribution in [0.3, 0.4) is 0 Å². The van der Waals surface area contributed by atoms with Crippen molar-refractivity contribution in [1.82, 2.24) is 5.32 Å². The van der Waals surface area contributed by atoms with Crippen LogP contribution >= 0.6 is 0 Å². The Labute approximate surface area is 88.2 Å². The van der Waals surface area contributed by atoms with Crippen LogP contribution in [0.5, 0.6) is 0 Å². The highest BCUT2D eigenvalue weighted by Gasteiger charge is 1.89. The van der Waals surface area contributed by atoms with Crippen molar-refractivity contribution in [2.24, 2.45) is 0 Å². The zero-order valence-electron chi connectivity index (χ0n) is 9.68. The molecule has 0 unspecified atom stereocenters. The molecule has 0 aromatic carbocycles. The van der Waals surface area contributed by atoms with Gasteiger partial charge in [-0.3, -0.25) is 0 Å². The van der Waals surface area contributed by atoms with Crippen molar-refractivity contribution in [1.29, 1.82) is 0 Å². The summed E-state index contributed by atoms with van der Waals surface area (Å²) in [4.78, 5) is 0. The normalized spacial score (nSPS) is 10.7. The Hall–Kier alpha value is -0.120. The van der Waals surface area contributed by atoms with Crippen LogP contribution in [0.4, 0.5) is 0 Å². The van der Waals surface area contributed by atoms with Crippen molar-refractivity contribution < 1.29 is 9.47 Å². The monoisotopic (exact) mass is 203 g/mol. The minimum atomic E-state index is 0.838. The standard InChI is InChI=1S/C11H25NO2/c1-3-4-10-14-11-8-12-7-5-6-9-13-2/h12H,3-11H2,1-2H3. The third-order valence-corrected chi connectivity index (χ3v) is 2.02. The molecule has 0 radical (unpaired) electrons. The van der Waals surface area contributed by atoms with Crippen LogP contribution in [-0.4, -0.2) is 40.0 Å². The third-order valence-electron chi connectivity index (χ3n) is 2.02. The van der Waals surface area contributed by atoms with Crippen LogP contribution in [0.2, 0.25) is 0 Å². The molecule has 3 heteroatoms. The molecule has 0 heterocycles. The largest absolute Gasteiger partial charge is 0.385 e. The fourth-order valence-corrected chi connectivity index (χ4v) is 1.11. The molecular formula is C11H25NO2. The fourth-order valence-electron chi connectivity index (χ4n) is 1.11. The van der Waals surface area contributed by atoms with E-state index in [1.807, 2.05) is 0 Å². The second-order valence-electron chi connectivity index (χ2n) is 3.42. The Bertz CT molecular complexity index is 87.3. The van der Waals surface area contributed by atoms with Gasteiger partial charge < -0.3 is 14.8 Å². The molecule has 0 saturated heterocycles. The van der Waals surface area contributed by atoms with Crippen LogP contribution < -0.4 is 5.32 Å². The lowest BCUT2D eigenvalue weighted by molar-refractivity contribution is 0.132.